The second-order valence-electron chi connectivity index (χ2n) is 4.85. The van der Waals surface area contributed by atoms with Crippen LogP contribution in [0.25, 0.3) is 0 Å². The summed E-state index contributed by atoms with van der Waals surface area (Å²) in [5.41, 5.74) is -3.30. The zero-order valence-corrected chi connectivity index (χ0v) is 12.1. The molecule has 2 nitrogen and oxygen atoms in total. The molecule has 1 heterocycles. The number of alkyl halides is 3. The summed E-state index contributed by atoms with van der Waals surface area (Å²) in [6.45, 7) is 0. The Balaban J connectivity index is 1.87. The molecule has 2 aromatic rings. The molecule has 0 amide bonds. The molecule has 114 valence electrons. The van der Waals surface area contributed by atoms with Crippen molar-refractivity contribution in [3.05, 3.63) is 59.7 Å². The van der Waals surface area contributed by atoms with E-state index in [9.17, 15) is 18.0 Å². The van der Waals surface area contributed by atoms with E-state index in [0.29, 0.717) is 5.75 Å². The summed E-state index contributed by atoms with van der Waals surface area (Å²) < 4.78 is 43.0. The zero-order valence-electron chi connectivity index (χ0n) is 11.3. The number of fused-ring (bicyclic) bond motifs is 1. The van der Waals surface area contributed by atoms with Crippen molar-refractivity contribution in [2.75, 3.05) is 0 Å². The van der Waals surface area contributed by atoms with Crippen LogP contribution >= 0.6 is 11.8 Å². The molecule has 0 bridgehead atoms. The van der Waals surface area contributed by atoms with E-state index in [4.69, 9.17) is 4.74 Å². The van der Waals surface area contributed by atoms with E-state index < -0.39 is 11.6 Å². The molecule has 2 aromatic carbocycles. The van der Waals surface area contributed by atoms with E-state index in [0.717, 1.165) is 5.56 Å². The minimum Gasteiger partial charge on any atom is -0.484 e. The number of halogens is 3. The van der Waals surface area contributed by atoms with E-state index in [2.05, 4.69) is 0 Å². The highest BCUT2D eigenvalue weighted by molar-refractivity contribution is 8.00. The van der Waals surface area contributed by atoms with Gasteiger partial charge in [-0.1, -0.05) is 30.3 Å². The zero-order chi connectivity index (χ0) is 15.7. The number of ether oxygens (including phenoxy) is 1. The van der Waals surface area contributed by atoms with Crippen molar-refractivity contribution < 1.29 is 22.7 Å². The SMILES string of the molecule is O=C1CC(c2ccccc2)Oc2ccc(SC(F)(F)F)cc21. The Morgan fingerprint density at radius 1 is 1.09 bits per heavy atom. The van der Waals surface area contributed by atoms with E-state index >= 15 is 0 Å². The summed E-state index contributed by atoms with van der Waals surface area (Å²) >= 11 is -0.235. The maximum atomic E-state index is 12.4. The van der Waals surface area contributed by atoms with Crippen LogP contribution in [0.3, 0.4) is 0 Å². The highest BCUT2D eigenvalue weighted by Crippen LogP contribution is 2.41. The van der Waals surface area contributed by atoms with E-state index in [-0.39, 0.29) is 34.4 Å². The van der Waals surface area contributed by atoms with Crippen LogP contribution in [0, 0.1) is 0 Å². The summed E-state index contributed by atoms with van der Waals surface area (Å²) in [6.07, 6.45) is -0.278. The lowest BCUT2D eigenvalue weighted by atomic mass is 9.96. The van der Waals surface area contributed by atoms with Gasteiger partial charge in [0.15, 0.2) is 5.78 Å². The average Bonchev–Trinajstić information content (AvgIpc) is 2.47. The molecule has 0 fully saturated rings. The third-order valence-corrected chi connectivity index (χ3v) is 4.02. The van der Waals surface area contributed by atoms with Crippen molar-refractivity contribution in [3.8, 4) is 5.75 Å². The van der Waals surface area contributed by atoms with Gasteiger partial charge in [0.05, 0.1) is 12.0 Å². The van der Waals surface area contributed by atoms with Crippen LogP contribution in [-0.4, -0.2) is 11.3 Å². The van der Waals surface area contributed by atoms with Crippen LogP contribution in [0.4, 0.5) is 13.2 Å². The van der Waals surface area contributed by atoms with Gasteiger partial charge in [-0.25, -0.2) is 0 Å². The smallest absolute Gasteiger partial charge is 0.446 e. The first kappa shape index (κ1) is 15.0. The summed E-state index contributed by atoms with van der Waals surface area (Å²) in [7, 11) is 0. The predicted molar refractivity (Wildman–Crippen MR) is 77.1 cm³/mol. The number of carbonyl (C=O) groups excluding carboxylic acids is 1. The van der Waals surface area contributed by atoms with Gasteiger partial charge < -0.3 is 4.74 Å². The molecular weight excluding hydrogens is 313 g/mol. The normalized spacial score (nSPS) is 17.8. The quantitative estimate of drug-likeness (QED) is 0.727. The van der Waals surface area contributed by atoms with Crippen molar-refractivity contribution in [3.63, 3.8) is 0 Å². The van der Waals surface area contributed by atoms with Gasteiger partial charge >= 0.3 is 5.51 Å². The van der Waals surface area contributed by atoms with Gasteiger partial charge in [0.1, 0.15) is 11.9 Å². The average molecular weight is 324 g/mol. The monoisotopic (exact) mass is 324 g/mol. The fourth-order valence-corrected chi connectivity index (χ4v) is 2.93. The molecule has 0 radical (unpaired) electrons. The van der Waals surface area contributed by atoms with Gasteiger partial charge in [-0.15, -0.1) is 0 Å². The van der Waals surface area contributed by atoms with E-state index in [1.807, 2.05) is 30.3 Å². The number of hydrogen-bond acceptors (Lipinski definition) is 3. The van der Waals surface area contributed by atoms with Crippen LogP contribution in [0.15, 0.2) is 53.4 Å². The molecule has 0 saturated heterocycles. The molecule has 3 rings (SSSR count). The Morgan fingerprint density at radius 3 is 2.50 bits per heavy atom. The van der Waals surface area contributed by atoms with Gasteiger partial charge in [-0.3, -0.25) is 4.79 Å². The number of benzene rings is 2. The Morgan fingerprint density at radius 2 is 1.82 bits per heavy atom. The highest BCUT2D eigenvalue weighted by atomic mass is 32.2. The molecule has 0 aliphatic carbocycles. The van der Waals surface area contributed by atoms with Gasteiger partial charge in [-0.2, -0.15) is 13.2 Å². The van der Waals surface area contributed by atoms with E-state index in [1.165, 1.54) is 18.2 Å². The predicted octanol–water partition coefficient (Wildman–Crippen LogP) is 5.01. The fraction of sp³-hybridized carbons (Fsp3) is 0.188. The first-order valence-corrected chi connectivity index (χ1v) is 7.38. The molecule has 0 aromatic heterocycles. The van der Waals surface area contributed by atoms with Crippen molar-refractivity contribution >= 4 is 17.5 Å². The molecular formula is C16H11F3O2S. The third kappa shape index (κ3) is 3.27. The molecule has 0 saturated carbocycles. The molecule has 22 heavy (non-hydrogen) atoms. The standard InChI is InChI=1S/C16H11F3O2S/c17-16(18,19)22-11-6-7-14-12(8-11)13(20)9-15(21-14)10-4-2-1-3-5-10/h1-8,15H,9H2. The second kappa shape index (κ2) is 5.68. The van der Waals surface area contributed by atoms with Crippen LogP contribution in [0.2, 0.25) is 0 Å². The molecule has 0 N–H and O–H groups in total. The van der Waals surface area contributed by atoms with Gasteiger partial charge in [0.25, 0.3) is 0 Å². The van der Waals surface area contributed by atoms with Crippen LogP contribution in [0.1, 0.15) is 28.4 Å². The maximum absolute atomic E-state index is 12.4. The largest absolute Gasteiger partial charge is 0.484 e. The van der Waals surface area contributed by atoms with Crippen LogP contribution in [0.5, 0.6) is 5.75 Å². The van der Waals surface area contributed by atoms with Gasteiger partial charge in [0.2, 0.25) is 0 Å². The van der Waals surface area contributed by atoms with Crippen LogP contribution < -0.4 is 4.74 Å². The lowest BCUT2D eigenvalue weighted by Gasteiger charge is -2.26. The molecule has 1 aliphatic rings. The van der Waals surface area contributed by atoms with Crippen molar-refractivity contribution in [2.45, 2.75) is 22.9 Å². The lowest BCUT2D eigenvalue weighted by molar-refractivity contribution is -0.0328. The molecule has 1 unspecified atom stereocenters. The minimum absolute atomic E-state index is 0.0126. The third-order valence-electron chi connectivity index (χ3n) is 3.30. The molecule has 6 heteroatoms. The van der Waals surface area contributed by atoms with Crippen molar-refractivity contribution in [1.29, 1.82) is 0 Å². The Labute approximate surface area is 129 Å². The maximum Gasteiger partial charge on any atom is 0.446 e. The number of rotatable bonds is 2. The summed E-state index contributed by atoms with van der Waals surface area (Å²) in [5, 5.41) is 0. The highest BCUT2D eigenvalue weighted by Gasteiger charge is 2.32. The number of ketones is 1. The van der Waals surface area contributed by atoms with E-state index in [1.54, 1.807) is 0 Å². The summed E-state index contributed by atoms with van der Waals surface area (Å²) in [5.74, 6) is 0.122. The molecule has 0 spiro atoms. The Kier molecular flexibility index (Phi) is 3.87. The first-order valence-electron chi connectivity index (χ1n) is 6.57. The fourth-order valence-electron chi connectivity index (χ4n) is 2.35. The minimum atomic E-state index is -4.38. The number of carbonyl (C=O) groups is 1. The van der Waals surface area contributed by atoms with Crippen molar-refractivity contribution in [1.82, 2.24) is 0 Å². The van der Waals surface area contributed by atoms with Crippen LogP contribution in [-0.2, 0) is 0 Å². The first-order chi connectivity index (χ1) is 10.4. The molecule has 1 aliphatic heterocycles. The van der Waals surface area contributed by atoms with Gasteiger partial charge in [0, 0.05) is 4.90 Å². The summed E-state index contributed by atoms with van der Waals surface area (Å²) in [6, 6.07) is 13.3. The van der Waals surface area contributed by atoms with Gasteiger partial charge in [-0.05, 0) is 35.5 Å². The number of hydrogen-bond donors (Lipinski definition) is 0. The topological polar surface area (TPSA) is 26.3 Å². The Hall–Kier alpha value is -1.95. The van der Waals surface area contributed by atoms with Crippen molar-refractivity contribution in [2.24, 2.45) is 0 Å². The summed E-state index contributed by atoms with van der Waals surface area (Å²) in [4.78, 5) is 12.2. The number of Topliss-reactive ketones (excluding diaryl/α,β-unsaturated/α-hetero) is 1. The lowest BCUT2D eigenvalue weighted by Crippen LogP contribution is -2.20. The molecule has 1 atom stereocenters. The Bertz CT molecular complexity index is 698. The second-order valence-corrected chi connectivity index (χ2v) is 5.99. The number of thioether (sulfide) groups is 1.